The van der Waals surface area contributed by atoms with Gasteiger partial charge in [-0.2, -0.15) is 0 Å². The van der Waals surface area contributed by atoms with Gasteiger partial charge in [0, 0.05) is 6.42 Å². The van der Waals surface area contributed by atoms with Crippen LogP contribution in [0.1, 0.15) is 40.5 Å². The molecule has 0 aromatic carbocycles. The second-order valence-corrected chi connectivity index (χ2v) is 1.10. The van der Waals surface area contributed by atoms with Crippen molar-refractivity contribution >= 4 is 6.29 Å². The van der Waals surface area contributed by atoms with E-state index in [2.05, 4.69) is 5.73 Å². The van der Waals surface area contributed by atoms with E-state index in [0.29, 0.717) is 13.0 Å². The predicted octanol–water partition coefficient (Wildman–Crippen LogP) is 1.55. The Hall–Kier alpha value is -0.410. The van der Waals surface area contributed by atoms with Gasteiger partial charge in [0.2, 0.25) is 0 Å². The van der Waals surface area contributed by atoms with Crippen molar-refractivity contribution in [1.82, 2.24) is 0 Å². The molecule has 0 fully saturated rings. The van der Waals surface area contributed by atoms with Crippen LogP contribution in [0.25, 0.3) is 0 Å². The van der Waals surface area contributed by atoms with Crippen LogP contribution in [-0.2, 0) is 4.79 Å². The number of hydrogen-bond donors (Lipinski definition) is 2. The van der Waals surface area contributed by atoms with E-state index in [1.165, 1.54) is 7.05 Å². The number of nitrogens with two attached hydrogens (primary N) is 2. The van der Waals surface area contributed by atoms with Gasteiger partial charge in [-0.1, -0.05) is 27.7 Å². The molecule has 0 atom stereocenters. The summed E-state index contributed by atoms with van der Waals surface area (Å²) in [7, 11) is 1.50. The zero-order valence-electron chi connectivity index (χ0n) is 9.26. The minimum atomic E-state index is 0.608. The molecule has 0 spiro atoms. The van der Waals surface area contributed by atoms with Crippen LogP contribution in [0.4, 0.5) is 0 Å². The molecule has 0 aliphatic heterocycles. The van der Waals surface area contributed by atoms with E-state index in [-0.39, 0.29) is 0 Å². The third kappa shape index (κ3) is 105. The van der Waals surface area contributed by atoms with Crippen LogP contribution >= 0.6 is 0 Å². The SMILES string of the molecule is CC.CC.CN.NCCCC=O. The molecule has 0 saturated carbocycles. The van der Waals surface area contributed by atoms with Crippen LogP contribution in [0.15, 0.2) is 0 Å². The summed E-state index contributed by atoms with van der Waals surface area (Å²) in [5.74, 6) is 0. The molecule has 0 aliphatic rings. The number of aldehydes is 1. The second-order valence-electron chi connectivity index (χ2n) is 1.10. The first-order valence-corrected chi connectivity index (χ1v) is 4.63. The van der Waals surface area contributed by atoms with Crippen LogP contribution in [0.5, 0.6) is 0 Å². The minimum Gasteiger partial charge on any atom is -0.333 e. The van der Waals surface area contributed by atoms with Gasteiger partial charge in [0.05, 0.1) is 0 Å². The topological polar surface area (TPSA) is 69.1 Å². The Labute approximate surface area is 77.5 Å². The summed E-state index contributed by atoms with van der Waals surface area (Å²) < 4.78 is 0. The van der Waals surface area contributed by atoms with Crippen LogP contribution in [0, 0.1) is 0 Å². The monoisotopic (exact) mass is 178 g/mol. The molecule has 0 radical (unpaired) electrons. The average Bonchev–Trinajstić information content (AvgIpc) is 2.24. The molecule has 3 nitrogen and oxygen atoms in total. The standard InChI is InChI=1S/C4H9NO.2C2H6.CH5N/c5-3-1-2-4-6;3*1-2/h4H,1-3,5H2;2*1-2H3;2H2,1H3. The van der Waals surface area contributed by atoms with E-state index in [0.717, 1.165) is 12.7 Å². The summed E-state index contributed by atoms with van der Waals surface area (Å²) in [6.07, 6.45) is 2.31. The molecule has 0 bridgehead atoms. The van der Waals surface area contributed by atoms with E-state index < -0.39 is 0 Å². The predicted molar refractivity (Wildman–Crippen MR) is 57.2 cm³/mol. The first-order valence-electron chi connectivity index (χ1n) is 4.63. The number of unbranched alkanes of at least 4 members (excludes halogenated alkanes) is 1. The Morgan fingerprint density at radius 3 is 1.50 bits per heavy atom. The number of carbonyl (C=O) groups excluding carboxylic acids is 1. The average molecular weight is 178 g/mol. The number of carbonyl (C=O) groups is 1. The molecule has 0 amide bonds. The Morgan fingerprint density at radius 1 is 1.08 bits per heavy atom. The smallest absolute Gasteiger partial charge is 0.120 e. The zero-order chi connectivity index (χ0) is 10.8. The zero-order valence-corrected chi connectivity index (χ0v) is 9.26. The summed E-state index contributed by atoms with van der Waals surface area (Å²) in [6.45, 7) is 8.62. The maximum Gasteiger partial charge on any atom is 0.120 e. The van der Waals surface area contributed by atoms with Crippen molar-refractivity contribution in [1.29, 1.82) is 0 Å². The van der Waals surface area contributed by atoms with Gasteiger partial charge in [-0.15, -0.1) is 0 Å². The summed E-state index contributed by atoms with van der Waals surface area (Å²) in [4.78, 5) is 9.51. The summed E-state index contributed by atoms with van der Waals surface area (Å²) in [6, 6.07) is 0. The number of hydrogen-bond acceptors (Lipinski definition) is 3. The highest BCUT2D eigenvalue weighted by atomic mass is 16.1. The van der Waals surface area contributed by atoms with Crippen LogP contribution < -0.4 is 11.5 Å². The Balaban J connectivity index is -0.0000000453. The van der Waals surface area contributed by atoms with Gasteiger partial charge in [0.1, 0.15) is 6.29 Å². The van der Waals surface area contributed by atoms with Crippen LogP contribution in [-0.4, -0.2) is 19.9 Å². The van der Waals surface area contributed by atoms with Crippen molar-refractivity contribution in [2.24, 2.45) is 11.5 Å². The molecule has 0 rings (SSSR count). The maximum atomic E-state index is 9.51. The fourth-order valence-electron chi connectivity index (χ4n) is 0.201. The molecule has 0 saturated heterocycles. The first-order chi connectivity index (χ1) is 5.91. The van der Waals surface area contributed by atoms with Gasteiger partial charge in [-0.3, -0.25) is 0 Å². The Morgan fingerprint density at radius 2 is 1.42 bits per heavy atom. The second kappa shape index (κ2) is 75.6. The van der Waals surface area contributed by atoms with E-state index in [9.17, 15) is 4.79 Å². The molecule has 78 valence electrons. The molecule has 12 heavy (non-hydrogen) atoms. The number of rotatable bonds is 3. The highest BCUT2D eigenvalue weighted by Gasteiger charge is 1.74. The van der Waals surface area contributed by atoms with Gasteiger partial charge in [-0.25, -0.2) is 0 Å². The lowest BCUT2D eigenvalue weighted by molar-refractivity contribution is -0.107. The van der Waals surface area contributed by atoms with Crippen molar-refractivity contribution in [2.75, 3.05) is 13.6 Å². The van der Waals surface area contributed by atoms with Crippen molar-refractivity contribution < 1.29 is 4.79 Å². The minimum absolute atomic E-state index is 0.608. The van der Waals surface area contributed by atoms with E-state index in [4.69, 9.17) is 5.73 Å². The van der Waals surface area contributed by atoms with E-state index in [1.54, 1.807) is 0 Å². The van der Waals surface area contributed by atoms with Crippen molar-refractivity contribution in [3.05, 3.63) is 0 Å². The summed E-state index contributed by atoms with van der Waals surface area (Å²) >= 11 is 0. The third-order valence-electron chi connectivity index (χ3n) is 0.526. The van der Waals surface area contributed by atoms with Crippen LogP contribution in [0.3, 0.4) is 0 Å². The van der Waals surface area contributed by atoms with Crippen LogP contribution in [0.2, 0.25) is 0 Å². The van der Waals surface area contributed by atoms with Gasteiger partial charge >= 0.3 is 0 Å². The van der Waals surface area contributed by atoms with Crippen molar-refractivity contribution in [3.8, 4) is 0 Å². The van der Waals surface area contributed by atoms with Crippen molar-refractivity contribution in [2.45, 2.75) is 40.5 Å². The molecule has 0 aliphatic carbocycles. The maximum absolute atomic E-state index is 9.51. The molecule has 4 N–H and O–H groups in total. The van der Waals surface area contributed by atoms with E-state index in [1.807, 2.05) is 27.7 Å². The van der Waals surface area contributed by atoms with Gasteiger partial charge < -0.3 is 16.3 Å². The molecule has 3 heteroatoms. The van der Waals surface area contributed by atoms with Gasteiger partial charge in [0.25, 0.3) is 0 Å². The van der Waals surface area contributed by atoms with Gasteiger partial charge in [0.15, 0.2) is 0 Å². The lowest BCUT2D eigenvalue weighted by Gasteiger charge is -1.79. The molecular weight excluding hydrogens is 152 g/mol. The lowest BCUT2D eigenvalue weighted by Crippen LogP contribution is -1.97. The highest BCUT2D eigenvalue weighted by molar-refractivity contribution is 5.48. The quantitative estimate of drug-likeness (QED) is 0.509. The third-order valence-corrected chi connectivity index (χ3v) is 0.526. The Kier molecular flexibility index (Phi) is 142. The molecule has 0 heterocycles. The Bertz CT molecular complexity index is 41.5. The largest absolute Gasteiger partial charge is 0.333 e. The molecular formula is C9H26N2O. The molecule has 0 aromatic rings. The fourth-order valence-corrected chi connectivity index (χ4v) is 0.201. The molecule has 0 aromatic heterocycles. The van der Waals surface area contributed by atoms with E-state index >= 15 is 0 Å². The summed E-state index contributed by atoms with van der Waals surface area (Å²) in [5.41, 5.74) is 9.56. The normalized spacial score (nSPS) is 5.58. The lowest BCUT2D eigenvalue weighted by atomic mass is 10.3. The van der Waals surface area contributed by atoms with Crippen molar-refractivity contribution in [3.63, 3.8) is 0 Å². The molecule has 0 unspecified atom stereocenters. The highest BCUT2D eigenvalue weighted by Crippen LogP contribution is 1.75. The fraction of sp³-hybridized carbons (Fsp3) is 0.889. The summed E-state index contributed by atoms with van der Waals surface area (Å²) in [5, 5.41) is 0. The van der Waals surface area contributed by atoms with Gasteiger partial charge in [-0.05, 0) is 20.0 Å². The first kappa shape index (κ1) is 22.6.